The molecule has 1 heterocycles. The molecule has 0 radical (unpaired) electrons. The third-order valence-corrected chi connectivity index (χ3v) is 5.91. The lowest BCUT2D eigenvalue weighted by Gasteiger charge is -2.19. The van der Waals surface area contributed by atoms with Gasteiger partial charge in [0.1, 0.15) is 0 Å². The van der Waals surface area contributed by atoms with E-state index >= 15 is 0 Å². The van der Waals surface area contributed by atoms with Crippen molar-refractivity contribution in [3.8, 4) is 11.4 Å². The van der Waals surface area contributed by atoms with Gasteiger partial charge >= 0.3 is 0 Å². The van der Waals surface area contributed by atoms with E-state index in [9.17, 15) is 14.7 Å². The van der Waals surface area contributed by atoms with Crippen LogP contribution in [-0.2, 0) is 12.0 Å². The Hall–Kier alpha value is -4.83. The monoisotopic (exact) mass is 511 g/mol. The minimum atomic E-state index is -0.534. The number of nitrogens with one attached hydrogen (secondary N) is 2. The summed E-state index contributed by atoms with van der Waals surface area (Å²) < 4.78 is 0. The molecule has 1 aromatic heterocycles. The zero-order valence-electron chi connectivity index (χ0n) is 21.3. The van der Waals surface area contributed by atoms with E-state index < -0.39 is 5.91 Å². The van der Waals surface area contributed by atoms with Crippen molar-refractivity contribution in [3.63, 3.8) is 0 Å². The SMILES string of the molecule is CC(C)(C)c1ccc(C(=O)Nc2cccc(-c3nc(N)nc(Nc4ccc(C(N)=O)cc4)n3)c2CO)cc1. The number of primary amides is 1. The Morgan fingerprint density at radius 2 is 1.55 bits per heavy atom. The van der Waals surface area contributed by atoms with Gasteiger partial charge in [0, 0.05) is 33.6 Å². The van der Waals surface area contributed by atoms with E-state index in [1.54, 1.807) is 54.6 Å². The zero-order chi connectivity index (χ0) is 27.4. The minimum absolute atomic E-state index is 0.0273. The van der Waals surface area contributed by atoms with E-state index in [-0.39, 0.29) is 35.7 Å². The van der Waals surface area contributed by atoms with Crippen LogP contribution in [0.4, 0.5) is 23.3 Å². The molecule has 38 heavy (non-hydrogen) atoms. The number of benzene rings is 3. The number of anilines is 4. The van der Waals surface area contributed by atoms with Crippen LogP contribution < -0.4 is 22.1 Å². The minimum Gasteiger partial charge on any atom is -0.392 e. The van der Waals surface area contributed by atoms with Crippen LogP contribution in [0.15, 0.2) is 66.7 Å². The van der Waals surface area contributed by atoms with Gasteiger partial charge in [-0.3, -0.25) is 9.59 Å². The largest absolute Gasteiger partial charge is 0.392 e. The molecule has 194 valence electrons. The quantitative estimate of drug-likeness (QED) is 0.248. The molecule has 10 heteroatoms. The van der Waals surface area contributed by atoms with Gasteiger partial charge in [-0.05, 0) is 53.4 Å². The average Bonchev–Trinajstić information content (AvgIpc) is 2.88. The Labute approximate surface area is 220 Å². The van der Waals surface area contributed by atoms with Gasteiger partial charge in [0.2, 0.25) is 17.8 Å². The number of hydrogen-bond acceptors (Lipinski definition) is 8. The van der Waals surface area contributed by atoms with Crippen LogP contribution in [0.2, 0.25) is 0 Å². The van der Waals surface area contributed by atoms with Gasteiger partial charge in [0.15, 0.2) is 5.82 Å². The number of carbonyl (C=O) groups excluding carboxylic acids is 2. The van der Waals surface area contributed by atoms with Crippen molar-refractivity contribution < 1.29 is 14.7 Å². The number of nitrogen functional groups attached to an aromatic ring is 1. The summed E-state index contributed by atoms with van der Waals surface area (Å²) in [6.07, 6.45) is 0. The average molecular weight is 512 g/mol. The first kappa shape index (κ1) is 26.2. The van der Waals surface area contributed by atoms with Gasteiger partial charge in [-0.2, -0.15) is 15.0 Å². The molecule has 0 aliphatic heterocycles. The summed E-state index contributed by atoms with van der Waals surface area (Å²) in [5, 5.41) is 16.1. The fourth-order valence-electron chi connectivity index (χ4n) is 3.82. The van der Waals surface area contributed by atoms with Gasteiger partial charge in [0.25, 0.3) is 5.91 Å². The van der Waals surface area contributed by atoms with E-state index in [0.717, 1.165) is 5.56 Å². The molecule has 2 amide bonds. The summed E-state index contributed by atoms with van der Waals surface area (Å²) in [6, 6.07) is 19.0. The molecule has 10 nitrogen and oxygen atoms in total. The first-order valence-electron chi connectivity index (χ1n) is 11.9. The van der Waals surface area contributed by atoms with Crippen LogP contribution in [-0.4, -0.2) is 31.9 Å². The van der Waals surface area contributed by atoms with Crippen LogP contribution in [0.1, 0.15) is 52.6 Å². The Morgan fingerprint density at radius 3 is 2.16 bits per heavy atom. The standard InChI is InChI=1S/C28H29N7O3/c1-28(2,3)18-11-7-17(8-12-18)25(38)32-22-6-4-5-20(21(22)15-36)24-33-26(30)35-27(34-24)31-19-13-9-16(10-14-19)23(29)37/h4-14,36H,15H2,1-3H3,(H2,29,37)(H,32,38)(H3,30,31,33,34,35). The molecule has 0 atom stereocenters. The number of hydrogen-bond donors (Lipinski definition) is 5. The Kier molecular flexibility index (Phi) is 7.35. The molecule has 4 aromatic rings. The summed E-state index contributed by atoms with van der Waals surface area (Å²) in [4.78, 5) is 37.1. The highest BCUT2D eigenvalue weighted by Crippen LogP contribution is 2.29. The first-order valence-corrected chi connectivity index (χ1v) is 11.9. The molecule has 0 fully saturated rings. The number of carbonyl (C=O) groups is 2. The number of aliphatic hydroxyl groups is 1. The second kappa shape index (κ2) is 10.7. The maximum atomic E-state index is 13.0. The van der Waals surface area contributed by atoms with E-state index in [1.807, 2.05) is 12.1 Å². The smallest absolute Gasteiger partial charge is 0.255 e. The molecular formula is C28H29N7O3. The molecular weight excluding hydrogens is 482 g/mol. The molecule has 0 saturated carbocycles. The van der Waals surface area contributed by atoms with E-state index in [1.165, 1.54) is 0 Å². The Bertz CT molecular complexity index is 1480. The van der Waals surface area contributed by atoms with E-state index in [0.29, 0.717) is 33.6 Å². The fraction of sp³-hybridized carbons (Fsp3) is 0.179. The summed E-state index contributed by atoms with van der Waals surface area (Å²) in [7, 11) is 0. The number of amides is 2. The summed E-state index contributed by atoms with van der Waals surface area (Å²) in [5.74, 6) is -0.508. The van der Waals surface area contributed by atoms with Gasteiger partial charge in [-0.15, -0.1) is 0 Å². The van der Waals surface area contributed by atoms with Gasteiger partial charge in [-0.1, -0.05) is 45.0 Å². The van der Waals surface area contributed by atoms with Gasteiger partial charge in [-0.25, -0.2) is 0 Å². The van der Waals surface area contributed by atoms with E-state index in [2.05, 4.69) is 46.4 Å². The molecule has 0 aliphatic carbocycles. The Morgan fingerprint density at radius 1 is 0.895 bits per heavy atom. The van der Waals surface area contributed by atoms with Crippen LogP contribution in [0.3, 0.4) is 0 Å². The highest BCUT2D eigenvalue weighted by atomic mass is 16.3. The molecule has 0 unspecified atom stereocenters. The van der Waals surface area contributed by atoms with E-state index in [4.69, 9.17) is 11.5 Å². The molecule has 7 N–H and O–H groups in total. The first-order chi connectivity index (χ1) is 18.0. The highest BCUT2D eigenvalue weighted by molar-refractivity contribution is 6.05. The second-order valence-electron chi connectivity index (χ2n) is 9.68. The number of aliphatic hydroxyl groups excluding tert-OH is 1. The topological polar surface area (TPSA) is 169 Å². The summed E-state index contributed by atoms with van der Waals surface area (Å²) >= 11 is 0. The van der Waals surface area contributed by atoms with Crippen molar-refractivity contribution in [2.75, 3.05) is 16.4 Å². The van der Waals surface area contributed by atoms with Crippen LogP contribution in [0, 0.1) is 0 Å². The maximum Gasteiger partial charge on any atom is 0.255 e. The lowest BCUT2D eigenvalue weighted by molar-refractivity contribution is 0.0997. The molecule has 0 spiro atoms. The normalized spacial score (nSPS) is 11.2. The summed E-state index contributed by atoms with van der Waals surface area (Å²) in [5.41, 5.74) is 15.1. The zero-order valence-corrected chi connectivity index (χ0v) is 21.3. The third-order valence-electron chi connectivity index (χ3n) is 5.91. The number of aromatic nitrogens is 3. The lowest BCUT2D eigenvalue weighted by atomic mass is 9.86. The van der Waals surface area contributed by atoms with Crippen molar-refractivity contribution in [2.45, 2.75) is 32.8 Å². The van der Waals surface area contributed by atoms with Gasteiger partial charge < -0.3 is 27.2 Å². The van der Waals surface area contributed by atoms with Crippen molar-refractivity contribution in [2.24, 2.45) is 5.73 Å². The predicted molar refractivity (Wildman–Crippen MR) is 147 cm³/mol. The number of nitrogens with two attached hydrogens (primary N) is 2. The van der Waals surface area contributed by atoms with Crippen LogP contribution in [0.5, 0.6) is 0 Å². The molecule has 0 aliphatic rings. The van der Waals surface area contributed by atoms with Crippen LogP contribution in [0.25, 0.3) is 11.4 Å². The third kappa shape index (κ3) is 5.93. The second-order valence-corrected chi connectivity index (χ2v) is 9.68. The maximum absolute atomic E-state index is 13.0. The predicted octanol–water partition coefficient (Wildman–Crippen LogP) is 4.01. The number of rotatable bonds is 7. The molecule has 0 bridgehead atoms. The lowest BCUT2D eigenvalue weighted by Crippen LogP contribution is -2.15. The number of nitrogens with zero attached hydrogens (tertiary/aromatic N) is 3. The van der Waals surface area contributed by atoms with Crippen LogP contribution >= 0.6 is 0 Å². The van der Waals surface area contributed by atoms with Crippen molar-refractivity contribution in [1.82, 2.24) is 15.0 Å². The van der Waals surface area contributed by atoms with Crippen molar-refractivity contribution in [1.29, 1.82) is 0 Å². The molecule has 0 saturated heterocycles. The highest BCUT2D eigenvalue weighted by Gasteiger charge is 2.18. The molecule has 4 rings (SSSR count). The van der Waals surface area contributed by atoms with Crippen molar-refractivity contribution in [3.05, 3.63) is 89.0 Å². The molecule has 3 aromatic carbocycles. The van der Waals surface area contributed by atoms with Gasteiger partial charge in [0.05, 0.1) is 6.61 Å². The van der Waals surface area contributed by atoms with Crippen molar-refractivity contribution >= 4 is 35.1 Å². The fourth-order valence-corrected chi connectivity index (χ4v) is 3.82. The Balaban J connectivity index is 1.61. The summed E-state index contributed by atoms with van der Waals surface area (Å²) in [6.45, 7) is 5.94.